The Morgan fingerprint density at radius 3 is 3.06 bits per heavy atom. The number of fused-ring (bicyclic) bond motifs is 1. The Hall–Kier alpha value is -1.52. The molecule has 0 aromatic heterocycles. The minimum atomic E-state index is -0.523. The van der Waals surface area contributed by atoms with Crippen molar-refractivity contribution in [1.29, 1.82) is 0 Å². The second-order valence-electron chi connectivity index (χ2n) is 4.19. The van der Waals surface area contributed by atoms with Gasteiger partial charge in [0.1, 0.15) is 0 Å². The second kappa shape index (κ2) is 6.42. The van der Waals surface area contributed by atoms with Crippen LogP contribution in [0, 0.1) is 0 Å². The van der Waals surface area contributed by atoms with Crippen LogP contribution in [-0.4, -0.2) is 25.0 Å². The molecular formula is C14H19NO3. The number of nitrogens with one attached hydrogen (secondary N) is 1. The number of benzene rings is 1. The summed E-state index contributed by atoms with van der Waals surface area (Å²) in [5.74, 6) is 1.45. The van der Waals surface area contributed by atoms with E-state index in [1.165, 1.54) is 0 Å². The van der Waals surface area contributed by atoms with E-state index in [2.05, 4.69) is 11.4 Å². The van der Waals surface area contributed by atoms with E-state index in [1.54, 1.807) is 0 Å². The Kier molecular flexibility index (Phi) is 4.61. The SMILES string of the molecule is C/C=C/CCNCC(O)c1ccc2c(c1)OCO2. The fourth-order valence-electron chi connectivity index (χ4n) is 1.83. The van der Waals surface area contributed by atoms with E-state index in [1.807, 2.05) is 31.2 Å². The van der Waals surface area contributed by atoms with Crippen molar-refractivity contribution in [1.82, 2.24) is 5.32 Å². The quantitative estimate of drug-likeness (QED) is 0.598. The van der Waals surface area contributed by atoms with Crippen molar-refractivity contribution in [2.75, 3.05) is 19.9 Å². The number of rotatable bonds is 6. The normalized spacial score (nSPS) is 15.2. The second-order valence-corrected chi connectivity index (χ2v) is 4.19. The first kappa shape index (κ1) is 12.9. The molecule has 4 heteroatoms. The minimum Gasteiger partial charge on any atom is -0.454 e. The molecule has 1 aliphatic rings. The summed E-state index contributed by atoms with van der Waals surface area (Å²) in [7, 11) is 0. The molecular weight excluding hydrogens is 230 g/mol. The predicted molar refractivity (Wildman–Crippen MR) is 69.8 cm³/mol. The van der Waals surface area contributed by atoms with Gasteiger partial charge in [-0.05, 0) is 37.6 Å². The Morgan fingerprint density at radius 1 is 1.39 bits per heavy atom. The van der Waals surface area contributed by atoms with E-state index in [9.17, 15) is 5.11 Å². The largest absolute Gasteiger partial charge is 0.454 e. The zero-order valence-electron chi connectivity index (χ0n) is 10.6. The van der Waals surface area contributed by atoms with Gasteiger partial charge in [-0.25, -0.2) is 0 Å². The molecule has 1 unspecified atom stereocenters. The van der Waals surface area contributed by atoms with Crippen molar-refractivity contribution < 1.29 is 14.6 Å². The number of ether oxygens (including phenoxy) is 2. The minimum absolute atomic E-state index is 0.260. The zero-order valence-corrected chi connectivity index (χ0v) is 10.6. The molecule has 0 saturated heterocycles. The molecule has 1 atom stereocenters. The van der Waals surface area contributed by atoms with Gasteiger partial charge in [-0.1, -0.05) is 18.2 Å². The maximum Gasteiger partial charge on any atom is 0.231 e. The van der Waals surface area contributed by atoms with Gasteiger partial charge in [-0.15, -0.1) is 0 Å². The van der Waals surface area contributed by atoms with Gasteiger partial charge in [0, 0.05) is 6.54 Å². The van der Waals surface area contributed by atoms with Crippen LogP contribution >= 0.6 is 0 Å². The van der Waals surface area contributed by atoms with Crippen molar-refractivity contribution in [3.63, 3.8) is 0 Å². The van der Waals surface area contributed by atoms with Crippen molar-refractivity contribution >= 4 is 0 Å². The molecule has 2 N–H and O–H groups in total. The molecule has 1 heterocycles. The smallest absolute Gasteiger partial charge is 0.231 e. The van der Waals surface area contributed by atoms with Crippen LogP contribution in [-0.2, 0) is 0 Å². The van der Waals surface area contributed by atoms with Crippen LogP contribution in [0.15, 0.2) is 30.4 Å². The monoisotopic (exact) mass is 249 g/mol. The summed E-state index contributed by atoms with van der Waals surface area (Å²) in [4.78, 5) is 0. The first-order valence-electron chi connectivity index (χ1n) is 6.20. The van der Waals surface area contributed by atoms with E-state index < -0.39 is 6.10 Å². The van der Waals surface area contributed by atoms with Crippen LogP contribution in [0.5, 0.6) is 11.5 Å². The first-order chi connectivity index (χ1) is 8.81. The molecule has 0 saturated carbocycles. The Bertz CT molecular complexity index is 418. The molecule has 2 rings (SSSR count). The van der Waals surface area contributed by atoms with Gasteiger partial charge in [0.15, 0.2) is 11.5 Å². The number of aliphatic hydroxyl groups is 1. The average molecular weight is 249 g/mol. The van der Waals surface area contributed by atoms with Gasteiger partial charge in [-0.2, -0.15) is 0 Å². The van der Waals surface area contributed by atoms with Crippen molar-refractivity contribution in [2.45, 2.75) is 19.4 Å². The van der Waals surface area contributed by atoms with Crippen LogP contribution in [0.4, 0.5) is 0 Å². The van der Waals surface area contributed by atoms with E-state index in [0.717, 1.165) is 24.3 Å². The first-order valence-corrected chi connectivity index (χ1v) is 6.20. The summed E-state index contributed by atoms with van der Waals surface area (Å²) in [6.45, 7) is 3.67. The van der Waals surface area contributed by atoms with E-state index >= 15 is 0 Å². The summed E-state index contributed by atoms with van der Waals surface area (Å²) in [6, 6.07) is 5.53. The van der Waals surface area contributed by atoms with Gasteiger partial charge in [0.25, 0.3) is 0 Å². The van der Waals surface area contributed by atoms with Crippen molar-refractivity contribution in [3.05, 3.63) is 35.9 Å². The van der Waals surface area contributed by atoms with Gasteiger partial charge in [-0.3, -0.25) is 0 Å². The van der Waals surface area contributed by atoms with Crippen LogP contribution in [0.3, 0.4) is 0 Å². The van der Waals surface area contributed by atoms with Gasteiger partial charge in [0.05, 0.1) is 6.10 Å². The molecule has 0 aliphatic carbocycles. The lowest BCUT2D eigenvalue weighted by Crippen LogP contribution is -2.22. The molecule has 4 nitrogen and oxygen atoms in total. The molecule has 1 aliphatic heterocycles. The molecule has 0 radical (unpaired) electrons. The Labute approximate surface area is 107 Å². The van der Waals surface area contributed by atoms with Crippen LogP contribution < -0.4 is 14.8 Å². The zero-order chi connectivity index (χ0) is 12.8. The highest BCUT2D eigenvalue weighted by Crippen LogP contribution is 2.33. The molecule has 18 heavy (non-hydrogen) atoms. The van der Waals surface area contributed by atoms with Crippen molar-refractivity contribution in [2.24, 2.45) is 0 Å². The fourth-order valence-corrected chi connectivity index (χ4v) is 1.83. The molecule has 98 valence electrons. The van der Waals surface area contributed by atoms with E-state index in [4.69, 9.17) is 9.47 Å². The lowest BCUT2D eigenvalue weighted by molar-refractivity contribution is 0.170. The summed E-state index contributed by atoms with van der Waals surface area (Å²) >= 11 is 0. The van der Waals surface area contributed by atoms with Crippen molar-refractivity contribution in [3.8, 4) is 11.5 Å². The standard InChI is InChI=1S/C14H19NO3/c1-2-3-4-7-15-9-12(16)11-5-6-13-14(8-11)18-10-17-13/h2-3,5-6,8,12,15-16H,4,7,9-10H2,1H3/b3-2+. The van der Waals surface area contributed by atoms with Crippen LogP contribution in [0.2, 0.25) is 0 Å². The number of aliphatic hydroxyl groups excluding tert-OH is 1. The molecule has 0 spiro atoms. The number of allylic oxidation sites excluding steroid dienone is 1. The summed E-state index contributed by atoms with van der Waals surface area (Å²) in [5.41, 5.74) is 0.845. The fraction of sp³-hybridized carbons (Fsp3) is 0.429. The van der Waals surface area contributed by atoms with Gasteiger partial charge >= 0.3 is 0 Å². The van der Waals surface area contributed by atoms with E-state index in [0.29, 0.717) is 12.3 Å². The lowest BCUT2D eigenvalue weighted by Gasteiger charge is -2.12. The topological polar surface area (TPSA) is 50.7 Å². The van der Waals surface area contributed by atoms with Gasteiger partial charge in [0.2, 0.25) is 6.79 Å². The molecule has 0 fully saturated rings. The summed E-state index contributed by atoms with van der Waals surface area (Å²) < 4.78 is 10.5. The summed E-state index contributed by atoms with van der Waals surface area (Å²) in [6.07, 6.45) is 4.57. The third-order valence-electron chi connectivity index (χ3n) is 2.84. The maximum atomic E-state index is 10.0. The average Bonchev–Trinajstić information content (AvgIpc) is 2.85. The lowest BCUT2D eigenvalue weighted by atomic mass is 10.1. The maximum absolute atomic E-state index is 10.0. The molecule has 1 aromatic rings. The highest BCUT2D eigenvalue weighted by Gasteiger charge is 2.16. The van der Waals surface area contributed by atoms with Gasteiger partial charge < -0.3 is 19.9 Å². The number of hydrogen-bond donors (Lipinski definition) is 2. The Balaban J connectivity index is 1.83. The van der Waals surface area contributed by atoms with Crippen LogP contribution in [0.1, 0.15) is 25.0 Å². The molecule has 0 amide bonds. The molecule has 0 bridgehead atoms. The third kappa shape index (κ3) is 3.24. The highest BCUT2D eigenvalue weighted by atomic mass is 16.7. The number of hydrogen-bond acceptors (Lipinski definition) is 4. The third-order valence-corrected chi connectivity index (χ3v) is 2.84. The summed E-state index contributed by atoms with van der Waals surface area (Å²) in [5, 5.41) is 13.2. The van der Waals surface area contributed by atoms with Crippen LogP contribution in [0.25, 0.3) is 0 Å². The molecule has 1 aromatic carbocycles. The predicted octanol–water partition coefficient (Wildman–Crippen LogP) is 2.00. The highest BCUT2D eigenvalue weighted by molar-refractivity contribution is 5.45. The Morgan fingerprint density at radius 2 is 2.22 bits per heavy atom. The van der Waals surface area contributed by atoms with E-state index in [-0.39, 0.29) is 6.79 Å².